The summed E-state index contributed by atoms with van der Waals surface area (Å²) < 4.78 is 0. The molecule has 1 unspecified atom stereocenters. The zero-order chi connectivity index (χ0) is 13.5. The molecule has 0 aromatic heterocycles. The fourth-order valence-corrected chi connectivity index (χ4v) is 2.34. The van der Waals surface area contributed by atoms with Crippen LogP contribution < -0.4 is 5.32 Å². The van der Waals surface area contributed by atoms with E-state index in [-0.39, 0.29) is 0 Å². The van der Waals surface area contributed by atoms with Crippen LogP contribution in [0.5, 0.6) is 0 Å². The summed E-state index contributed by atoms with van der Waals surface area (Å²) in [5, 5.41) is 3.66. The van der Waals surface area contributed by atoms with Gasteiger partial charge in [-0.15, -0.1) is 0 Å². The van der Waals surface area contributed by atoms with Gasteiger partial charge in [-0.3, -0.25) is 0 Å². The first-order valence-corrected chi connectivity index (χ1v) is 7.10. The number of rotatable bonds is 6. The molecule has 0 spiro atoms. The van der Waals surface area contributed by atoms with Gasteiger partial charge in [-0.2, -0.15) is 0 Å². The SMILES string of the molecule is CCC(Cc1ccccc1)NCc1cccc(C)c1. The summed E-state index contributed by atoms with van der Waals surface area (Å²) in [6.45, 7) is 5.34. The van der Waals surface area contributed by atoms with Gasteiger partial charge in [0.25, 0.3) is 0 Å². The first kappa shape index (κ1) is 13.8. The summed E-state index contributed by atoms with van der Waals surface area (Å²) in [6.07, 6.45) is 2.25. The molecule has 0 aliphatic heterocycles. The summed E-state index contributed by atoms with van der Waals surface area (Å²) in [6, 6.07) is 20.0. The maximum atomic E-state index is 3.66. The Hall–Kier alpha value is -1.60. The summed E-state index contributed by atoms with van der Waals surface area (Å²) in [5.74, 6) is 0. The van der Waals surface area contributed by atoms with E-state index in [4.69, 9.17) is 0 Å². The lowest BCUT2D eigenvalue weighted by Crippen LogP contribution is -2.30. The van der Waals surface area contributed by atoms with E-state index in [1.165, 1.54) is 16.7 Å². The van der Waals surface area contributed by atoms with Crippen molar-refractivity contribution >= 4 is 0 Å². The minimum absolute atomic E-state index is 0.544. The lowest BCUT2D eigenvalue weighted by atomic mass is 10.0. The van der Waals surface area contributed by atoms with Gasteiger partial charge >= 0.3 is 0 Å². The molecule has 1 nitrogen and oxygen atoms in total. The molecule has 2 aromatic rings. The zero-order valence-electron chi connectivity index (χ0n) is 11.9. The van der Waals surface area contributed by atoms with Crippen molar-refractivity contribution in [2.45, 2.75) is 39.3 Å². The van der Waals surface area contributed by atoms with Crippen molar-refractivity contribution in [3.05, 3.63) is 71.3 Å². The summed E-state index contributed by atoms with van der Waals surface area (Å²) in [5.41, 5.74) is 4.10. The van der Waals surface area contributed by atoms with Crippen LogP contribution in [0.1, 0.15) is 30.0 Å². The molecule has 1 N–H and O–H groups in total. The first-order valence-electron chi connectivity index (χ1n) is 7.10. The van der Waals surface area contributed by atoms with Crippen molar-refractivity contribution in [3.8, 4) is 0 Å². The molecular weight excluding hydrogens is 230 g/mol. The first-order chi connectivity index (χ1) is 9.28. The largest absolute Gasteiger partial charge is 0.310 e. The monoisotopic (exact) mass is 253 g/mol. The highest BCUT2D eigenvalue weighted by atomic mass is 14.9. The van der Waals surface area contributed by atoms with Crippen molar-refractivity contribution in [3.63, 3.8) is 0 Å². The molecule has 0 heterocycles. The van der Waals surface area contributed by atoms with Crippen LogP contribution in [0.2, 0.25) is 0 Å². The van der Waals surface area contributed by atoms with Gasteiger partial charge in [-0.05, 0) is 30.9 Å². The Morgan fingerprint density at radius 3 is 2.37 bits per heavy atom. The predicted molar refractivity (Wildman–Crippen MR) is 82.2 cm³/mol. The molecule has 2 aromatic carbocycles. The maximum Gasteiger partial charge on any atom is 0.0208 e. The second-order valence-corrected chi connectivity index (χ2v) is 5.16. The van der Waals surface area contributed by atoms with Crippen molar-refractivity contribution in [2.24, 2.45) is 0 Å². The molecule has 1 atom stereocenters. The van der Waals surface area contributed by atoms with E-state index in [1.54, 1.807) is 0 Å². The van der Waals surface area contributed by atoms with Crippen LogP contribution in [-0.2, 0) is 13.0 Å². The molecule has 0 fully saturated rings. The fourth-order valence-electron chi connectivity index (χ4n) is 2.34. The van der Waals surface area contributed by atoms with Crippen molar-refractivity contribution in [2.75, 3.05) is 0 Å². The molecule has 2 rings (SSSR count). The third kappa shape index (κ3) is 4.53. The van der Waals surface area contributed by atoms with Crippen LogP contribution in [0.25, 0.3) is 0 Å². The van der Waals surface area contributed by atoms with Crippen molar-refractivity contribution in [1.29, 1.82) is 0 Å². The molecule has 1 heteroatoms. The van der Waals surface area contributed by atoms with Crippen LogP contribution in [0.3, 0.4) is 0 Å². The summed E-state index contributed by atoms with van der Waals surface area (Å²) in [7, 11) is 0. The minimum atomic E-state index is 0.544. The Morgan fingerprint density at radius 1 is 0.947 bits per heavy atom. The third-order valence-electron chi connectivity index (χ3n) is 3.50. The molecule has 0 amide bonds. The molecule has 100 valence electrons. The van der Waals surface area contributed by atoms with E-state index in [0.29, 0.717) is 6.04 Å². The lowest BCUT2D eigenvalue weighted by Gasteiger charge is -2.17. The van der Waals surface area contributed by atoms with Gasteiger partial charge in [-0.1, -0.05) is 67.1 Å². The Bertz CT molecular complexity index is 490. The molecule has 0 aliphatic carbocycles. The summed E-state index contributed by atoms with van der Waals surface area (Å²) in [4.78, 5) is 0. The van der Waals surface area contributed by atoms with Crippen LogP contribution in [0.15, 0.2) is 54.6 Å². The third-order valence-corrected chi connectivity index (χ3v) is 3.50. The highest BCUT2D eigenvalue weighted by Gasteiger charge is 2.06. The predicted octanol–water partition coefficient (Wildman–Crippen LogP) is 4.11. The Morgan fingerprint density at radius 2 is 1.68 bits per heavy atom. The van der Waals surface area contributed by atoms with Gasteiger partial charge in [-0.25, -0.2) is 0 Å². The number of hydrogen-bond donors (Lipinski definition) is 1. The van der Waals surface area contributed by atoms with Crippen LogP contribution >= 0.6 is 0 Å². The van der Waals surface area contributed by atoms with E-state index < -0.39 is 0 Å². The maximum absolute atomic E-state index is 3.66. The van der Waals surface area contributed by atoms with Crippen molar-refractivity contribution in [1.82, 2.24) is 5.32 Å². The highest BCUT2D eigenvalue weighted by Crippen LogP contribution is 2.08. The Kier molecular flexibility index (Phi) is 5.17. The fraction of sp³-hybridized carbons (Fsp3) is 0.333. The van der Waals surface area contributed by atoms with Gasteiger partial charge in [0.05, 0.1) is 0 Å². The van der Waals surface area contributed by atoms with Gasteiger partial charge in [0, 0.05) is 12.6 Å². The van der Waals surface area contributed by atoms with E-state index in [0.717, 1.165) is 19.4 Å². The van der Waals surface area contributed by atoms with Crippen LogP contribution in [-0.4, -0.2) is 6.04 Å². The standard InChI is InChI=1S/C18H23N/c1-3-18(13-16-9-5-4-6-10-16)19-14-17-11-7-8-15(2)12-17/h4-12,18-19H,3,13-14H2,1-2H3. The molecule has 0 saturated carbocycles. The quantitative estimate of drug-likeness (QED) is 0.817. The zero-order valence-corrected chi connectivity index (χ0v) is 11.9. The van der Waals surface area contributed by atoms with Crippen LogP contribution in [0, 0.1) is 6.92 Å². The smallest absolute Gasteiger partial charge is 0.0208 e. The molecule has 0 aliphatic rings. The Labute approximate surface area is 116 Å². The number of hydrogen-bond acceptors (Lipinski definition) is 1. The molecule has 0 bridgehead atoms. The van der Waals surface area contributed by atoms with Crippen molar-refractivity contribution < 1.29 is 0 Å². The van der Waals surface area contributed by atoms with Crippen LogP contribution in [0.4, 0.5) is 0 Å². The number of benzene rings is 2. The van der Waals surface area contributed by atoms with E-state index in [2.05, 4.69) is 73.8 Å². The molecular formula is C18H23N. The molecule has 0 saturated heterocycles. The minimum Gasteiger partial charge on any atom is -0.310 e. The average Bonchev–Trinajstić information content (AvgIpc) is 2.44. The van der Waals surface area contributed by atoms with Gasteiger partial charge in [0.15, 0.2) is 0 Å². The van der Waals surface area contributed by atoms with Gasteiger partial charge in [0.2, 0.25) is 0 Å². The van der Waals surface area contributed by atoms with E-state index in [9.17, 15) is 0 Å². The van der Waals surface area contributed by atoms with E-state index >= 15 is 0 Å². The highest BCUT2D eigenvalue weighted by molar-refractivity contribution is 5.22. The normalized spacial score (nSPS) is 12.3. The van der Waals surface area contributed by atoms with Gasteiger partial charge < -0.3 is 5.32 Å². The molecule has 0 radical (unpaired) electrons. The number of nitrogens with one attached hydrogen (secondary N) is 1. The van der Waals surface area contributed by atoms with E-state index in [1.807, 2.05) is 0 Å². The Balaban J connectivity index is 1.89. The number of aryl methyl sites for hydroxylation is 1. The second-order valence-electron chi connectivity index (χ2n) is 5.16. The second kappa shape index (κ2) is 7.10. The lowest BCUT2D eigenvalue weighted by molar-refractivity contribution is 0.494. The topological polar surface area (TPSA) is 12.0 Å². The molecule has 19 heavy (non-hydrogen) atoms. The average molecular weight is 253 g/mol. The summed E-state index contributed by atoms with van der Waals surface area (Å²) >= 11 is 0. The van der Waals surface area contributed by atoms with Gasteiger partial charge in [0.1, 0.15) is 0 Å².